The van der Waals surface area contributed by atoms with E-state index in [-0.39, 0.29) is 0 Å². The molecule has 0 bridgehead atoms. The Morgan fingerprint density at radius 3 is 2.48 bits per heavy atom. The van der Waals surface area contributed by atoms with Crippen LogP contribution in [0.5, 0.6) is 0 Å². The maximum Gasteiger partial charge on any atom is 0.343 e. The van der Waals surface area contributed by atoms with Crippen molar-refractivity contribution in [3.63, 3.8) is 0 Å². The van der Waals surface area contributed by atoms with Crippen molar-refractivity contribution >= 4 is 11.5 Å². The van der Waals surface area contributed by atoms with Gasteiger partial charge in [0.1, 0.15) is 24.6 Å². The first-order chi connectivity index (χ1) is 9.72. The summed E-state index contributed by atoms with van der Waals surface area (Å²) in [6, 6.07) is -1.56. The second kappa shape index (κ2) is 6.95. The predicted octanol–water partition coefficient (Wildman–Crippen LogP) is 1.75. The van der Waals surface area contributed by atoms with Crippen molar-refractivity contribution in [2.75, 3.05) is 6.54 Å². The molecule has 2 N–H and O–H groups in total. The summed E-state index contributed by atoms with van der Waals surface area (Å²) in [7, 11) is 0. The topological polar surface area (TPSA) is 99.3 Å². The number of nitro groups is 1. The summed E-state index contributed by atoms with van der Waals surface area (Å²) >= 11 is 0. The molecule has 0 fully saturated rings. The van der Waals surface area contributed by atoms with Crippen LogP contribution >= 0.6 is 0 Å². The number of nitrogens with two attached hydrogens (primary N) is 1. The minimum Gasteiger partial charge on any atom is -0.386 e. The Labute approximate surface area is 114 Å². The minimum absolute atomic E-state index is 0.476. The average molecular weight is 315 g/mol. The van der Waals surface area contributed by atoms with Crippen molar-refractivity contribution in [1.82, 2.24) is 9.78 Å². The molecule has 1 aromatic rings. The van der Waals surface area contributed by atoms with Gasteiger partial charge in [-0.05, 0) is 0 Å². The first-order valence-electron chi connectivity index (χ1n) is 5.47. The number of hydrogen-bond donors (Lipinski definition) is 1. The van der Waals surface area contributed by atoms with Crippen LogP contribution in [0, 0.1) is 16.1 Å². The van der Waals surface area contributed by atoms with Crippen LogP contribution < -0.4 is 5.73 Å². The van der Waals surface area contributed by atoms with E-state index in [4.69, 9.17) is 5.73 Å². The summed E-state index contributed by atoms with van der Waals surface area (Å²) < 4.78 is 62.6. The normalized spacial score (nSPS) is 14.0. The maximum absolute atomic E-state index is 13.2. The number of nitrogens with zero attached hydrogens (tertiary/aromatic N) is 4. The number of rotatable bonds is 7. The first-order valence-corrected chi connectivity index (χ1v) is 5.47. The van der Waals surface area contributed by atoms with E-state index in [1.54, 1.807) is 0 Å². The highest BCUT2D eigenvalue weighted by Crippen LogP contribution is 2.22. The largest absolute Gasteiger partial charge is 0.386 e. The lowest BCUT2D eigenvalue weighted by Crippen LogP contribution is -2.30. The molecular weight excluding hydrogens is 305 g/mol. The van der Waals surface area contributed by atoms with E-state index < -0.39 is 54.3 Å². The van der Waals surface area contributed by atoms with Crippen LogP contribution in [-0.4, -0.2) is 39.9 Å². The zero-order valence-corrected chi connectivity index (χ0v) is 10.3. The lowest BCUT2D eigenvalue weighted by molar-refractivity contribution is -0.387. The van der Waals surface area contributed by atoms with Gasteiger partial charge in [-0.25, -0.2) is 17.6 Å². The number of hydrogen-bond acceptors (Lipinski definition) is 4. The number of amidine groups is 1. The van der Waals surface area contributed by atoms with Gasteiger partial charge < -0.3 is 5.73 Å². The lowest BCUT2D eigenvalue weighted by Gasteiger charge is -2.16. The zero-order valence-electron chi connectivity index (χ0n) is 10.3. The van der Waals surface area contributed by atoms with Crippen LogP contribution in [0.25, 0.3) is 0 Å². The van der Waals surface area contributed by atoms with Gasteiger partial charge >= 0.3 is 11.6 Å². The lowest BCUT2D eigenvalue weighted by atomic mass is 10.2. The molecular formula is C9H10F5N5O2. The Morgan fingerprint density at radius 2 is 2.05 bits per heavy atom. The van der Waals surface area contributed by atoms with E-state index in [0.717, 1.165) is 0 Å². The number of halogens is 5. The van der Waals surface area contributed by atoms with E-state index in [1.807, 2.05) is 0 Å². The fraction of sp³-hybridized carbons (Fsp3) is 0.556. The van der Waals surface area contributed by atoms with Crippen LogP contribution in [0.1, 0.15) is 12.5 Å². The Kier molecular flexibility index (Phi) is 5.55. The van der Waals surface area contributed by atoms with Crippen LogP contribution in [0.2, 0.25) is 0 Å². The summed E-state index contributed by atoms with van der Waals surface area (Å²) in [5.74, 6) is -2.14. The van der Waals surface area contributed by atoms with Gasteiger partial charge in [0.2, 0.25) is 6.43 Å². The quantitative estimate of drug-likeness (QED) is 0.272. The molecule has 12 heteroatoms. The molecule has 1 rings (SSSR count). The molecule has 118 valence electrons. The summed E-state index contributed by atoms with van der Waals surface area (Å²) in [5, 5.41) is 13.5. The third-order valence-electron chi connectivity index (χ3n) is 2.34. The first kappa shape index (κ1) is 16.8. The van der Waals surface area contributed by atoms with Crippen molar-refractivity contribution in [2.24, 2.45) is 10.7 Å². The van der Waals surface area contributed by atoms with Crippen molar-refractivity contribution in [3.8, 4) is 0 Å². The Morgan fingerprint density at radius 1 is 1.43 bits per heavy atom. The highest BCUT2D eigenvalue weighted by atomic mass is 19.3. The molecule has 0 aromatic carbocycles. The van der Waals surface area contributed by atoms with E-state index in [1.165, 1.54) is 0 Å². The standard InChI is InChI=1S/C9H10F5N5O2/c10-6(11)1-4(9(15)16-2-7(12)13)18-3-5(19(20)21)8(14)17-18/h3-4,6-7H,1-2H2,(H2,15,16). The molecule has 1 atom stereocenters. The number of aromatic nitrogens is 2. The molecule has 0 amide bonds. The van der Waals surface area contributed by atoms with Crippen molar-refractivity contribution in [3.05, 3.63) is 22.3 Å². The highest BCUT2D eigenvalue weighted by molar-refractivity contribution is 5.84. The minimum atomic E-state index is -2.93. The van der Waals surface area contributed by atoms with Gasteiger partial charge in [-0.2, -0.15) is 4.39 Å². The van der Waals surface area contributed by atoms with E-state index in [9.17, 15) is 32.1 Å². The SMILES string of the molecule is NC(=NCC(F)F)C(CC(F)F)n1cc([N+](=O)[O-])c(F)n1. The molecule has 0 saturated heterocycles. The zero-order chi connectivity index (χ0) is 16.2. The molecule has 0 saturated carbocycles. The van der Waals surface area contributed by atoms with Crippen molar-refractivity contribution in [1.29, 1.82) is 0 Å². The average Bonchev–Trinajstić information content (AvgIpc) is 2.74. The third-order valence-corrected chi connectivity index (χ3v) is 2.34. The predicted molar refractivity (Wildman–Crippen MR) is 61.0 cm³/mol. The molecule has 0 radical (unpaired) electrons. The van der Waals surface area contributed by atoms with E-state index in [0.29, 0.717) is 10.9 Å². The summed E-state index contributed by atoms with van der Waals surface area (Å²) in [6.45, 7) is -1.03. The van der Waals surface area contributed by atoms with Crippen LogP contribution in [0.15, 0.2) is 11.2 Å². The van der Waals surface area contributed by atoms with Gasteiger partial charge in [0.15, 0.2) is 0 Å². The smallest absolute Gasteiger partial charge is 0.343 e. The van der Waals surface area contributed by atoms with Gasteiger partial charge in [0.25, 0.3) is 6.43 Å². The van der Waals surface area contributed by atoms with Crippen LogP contribution in [0.4, 0.5) is 27.6 Å². The summed E-state index contributed by atoms with van der Waals surface area (Å²) in [4.78, 5) is 12.6. The highest BCUT2D eigenvalue weighted by Gasteiger charge is 2.27. The van der Waals surface area contributed by atoms with Gasteiger partial charge in [-0.15, -0.1) is 5.10 Å². The second-order valence-corrected chi connectivity index (χ2v) is 3.84. The van der Waals surface area contributed by atoms with Gasteiger partial charge in [0.05, 0.1) is 4.92 Å². The fourth-order valence-corrected chi connectivity index (χ4v) is 1.45. The van der Waals surface area contributed by atoms with Crippen molar-refractivity contribution < 1.29 is 26.9 Å². The van der Waals surface area contributed by atoms with Crippen molar-refractivity contribution in [2.45, 2.75) is 25.3 Å². The van der Waals surface area contributed by atoms with Gasteiger partial charge in [-0.3, -0.25) is 19.8 Å². The molecule has 0 aliphatic rings. The van der Waals surface area contributed by atoms with Crippen LogP contribution in [-0.2, 0) is 0 Å². The maximum atomic E-state index is 13.2. The Hall–Kier alpha value is -2.27. The monoisotopic (exact) mass is 315 g/mol. The second-order valence-electron chi connectivity index (χ2n) is 3.84. The molecule has 0 aliphatic carbocycles. The van der Waals surface area contributed by atoms with Gasteiger partial charge in [0, 0.05) is 6.42 Å². The summed E-state index contributed by atoms with van der Waals surface area (Å²) in [6.07, 6.45) is -6.23. The molecule has 21 heavy (non-hydrogen) atoms. The number of aliphatic imine (C=N–C) groups is 1. The molecule has 1 aromatic heterocycles. The van der Waals surface area contributed by atoms with Gasteiger partial charge in [-0.1, -0.05) is 0 Å². The fourth-order valence-electron chi connectivity index (χ4n) is 1.45. The Balaban J connectivity index is 3.10. The van der Waals surface area contributed by atoms with E-state index in [2.05, 4.69) is 10.1 Å². The molecule has 0 aliphatic heterocycles. The Bertz CT molecular complexity index is 533. The molecule has 1 heterocycles. The van der Waals surface area contributed by atoms with E-state index >= 15 is 0 Å². The molecule has 0 spiro atoms. The third kappa shape index (κ3) is 4.65. The summed E-state index contributed by atoms with van der Waals surface area (Å²) in [5.41, 5.74) is 4.27. The van der Waals surface area contributed by atoms with Crippen LogP contribution in [0.3, 0.4) is 0 Å². The molecule has 7 nitrogen and oxygen atoms in total. The molecule has 1 unspecified atom stereocenters. The number of alkyl halides is 4.